The van der Waals surface area contributed by atoms with Crippen molar-refractivity contribution in [3.05, 3.63) is 18.2 Å². The van der Waals surface area contributed by atoms with Gasteiger partial charge in [0.05, 0.1) is 6.54 Å². The number of rotatable bonds is 5. The SMILES string of the molecule is CCCn1ccnc1CNC1(C)CCCCC1. The zero-order chi connectivity index (χ0) is 12.1. The Morgan fingerprint density at radius 3 is 2.82 bits per heavy atom. The highest BCUT2D eigenvalue weighted by molar-refractivity contribution is 4.95. The van der Waals surface area contributed by atoms with Crippen molar-refractivity contribution in [2.45, 2.75) is 71.0 Å². The molecule has 0 aliphatic heterocycles. The van der Waals surface area contributed by atoms with Crippen molar-refractivity contribution in [3.63, 3.8) is 0 Å². The number of nitrogens with zero attached hydrogens (tertiary/aromatic N) is 2. The van der Waals surface area contributed by atoms with E-state index in [2.05, 4.69) is 34.9 Å². The molecule has 1 fully saturated rings. The van der Waals surface area contributed by atoms with Gasteiger partial charge in [-0.25, -0.2) is 4.98 Å². The van der Waals surface area contributed by atoms with E-state index in [-0.39, 0.29) is 0 Å². The molecule has 0 atom stereocenters. The van der Waals surface area contributed by atoms with Gasteiger partial charge in [-0.1, -0.05) is 26.2 Å². The number of hydrogen-bond donors (Lipinski definition) is 1. The van der Waals surface area contributed by atoms with Crippen molar-refractivity contribution >= 4 is 0 Å². The van der Waals surface area contributed by atoms with Crippen LogP contribution in [-0.4, -0.2) is 15.1 Å². The van der Waals surface area contributed by atoms with Gasteiger partial charge in [0.25, 0.3) is 0 Å². The number of imidazole rings is 1. The average molecular weight is 235 g/mol. The first-order valence-electron chi connectivity index (χ1n) is 6.98. The summed E-state index contributed by atoms with van der Waals surface area (Å²) >= 11 is 0. The van der Waals surface area contributed by atoms with Crippen LogP contribution in [0.2, 0.25) is 0 Å². The van der Waals surface area contributed by atoms with Gasteiger partial charge < -0.3 is 9.88 Å². The average Bonchev–Trinajstić information content (AvgIpc) is 2.76. The van der Waals surface area contributed by atoms with Crippen LogP contribution in [0, 0.1) is 0 Å². The number of aryl methyl sites for hydroxylation is 1. The summed E-state index contributed by atoms with van der Waals surface area (Å²) in [6.45, 7) is 6.55. The molecule has 1 aliphatic carbocycles. The van der Waals surface area contributed by atoms with Gasteiger partial charge in [0.15, 0.2) is 0 Å². The molecule has 0 amide bonds. The zero-order valence-corrected chi connectivity index (χ0v) is 11.2. The second kappa shape index (κ2) is 5.67. The first-order chi connectivity index (χ1) is 8.23. The maximum Gasteiger partial charge on any atom is 0.122 e. The molecule has 0 aromatic carbocycles. The quantitative estimate of drug-likeness (QED) is 0.850. The summed E-state index contributed by atoms with van der Waals surface area (Å²) in [6.07, 6.45) is 11.9. The van der Waals surface area contributed by atoms with Crippen molar-refractivity contribution < 1.29 is 0 Å². The molecule has 1 aliphatic rings. The molecule has 1 saturated carbocycles. The molecule has 1 aromatic heterocycles. The molecule has 1 N–H and O–H groups in total. The molecule has 0 spiro atoms. The topological polar surface area (TPSA) is 29.9 Å². The summed E-state index contributed by atoms with van der Waals surface area (Å²) in [5.41, 5.74) is 0.335. The van der Waals surface area contributed by atoms with Crippen molar-refractivity contribution in [1.29, 1.82) is 0 Å². The minimum atomic E-state index is 0.335. The van der Waals surface area contributed by atoms with E-state index < -0.39 is 0 Å². The van der Waals surface area contributed by atoms with Crippen molar-refractivity contribution in [3.8, 4) is 0 Å². The van der Waals surface area contributed by atoms with Crippen LogP contribution >= 0.6 is 0 Å². The molecule has 3 heteroatoms. The van der Waals surface area contributed by atoms with E-state index in [0.29, 0.717) is 5.54 Å². The Morgan fingerprint density at radius 2 is 2.12 bits per heavy atom. The largest absolute Gasteiger partial charge is 0.334 e. The summed E-state index contributed by atoms with van der Waals surface area (Å²) in [6, 6.07) is 0. The molecule has 1 aromatic rings. The van der Waals surface area contributed by atoms with E-state index in [1.165, 1.54) is 44.3 Å². The molecule has 0 radical (unpaired) electrons. The first kappa shape index (κ1) is 12.6. The molecule has 2 rings (SSSR count). The fourth-order valence-electron chi connectivity index (χ4n) is 2.75. The van der Waals surface area contributed by atoms with E-state index >= 15 is 0 Å². The van der Waals surface area contributed by atoms with Gasteiger partial charge in [-0.15, -0.1) is 0 Å². The van der Waals surface area contributed by atoms with Crippen LogP contribution in [-0.2, 0) is 13.1 Å². The molecular weight excluding hydrogens is 210 g/mol. The van der Waals surface area contributed by atoms with Gasteiger partial charge >= 0.3 is 0 Å². The van der Waals surface area contributed by atoms with E-state index in [1.807, 2.05) is 6.20 Å². The maximum absolute atomic E-state index is 4.45. The van der Waals surface area contributed by atoms with Crippen molar-refractivity contribution in [2.75, 3.05) is 0 Å². The highest BCUT2D eigenvalue weighted by Crippen LogP contribution is 2.27. The van der Waals surface area contributed by atoms with E-state index in [9.17, 15) is 0 Å². The Hall–Kier alpha value is -0.830. The van der Waals surface area contributed by atoms with Crippen LogP contribution < -0.4 is 5.32 Å². The van der Waals surface area contributed by atoms with Gasteiger partial charge in [0.2, 0.25) is 0 Å². The van der Waals surface area contributed by atoms with Gasteiger partial charge in [0.1, 0.15) is 5.82 Å². The van der Waals surface area contributed by atoms with Crippen LogP contribution in [0.15, 0.2) is 12.4 Å². The molecule has 0 bridgehead atoms. The molecule has 3 nitrogen and oxygen atoms in total. The highest BCUT2D eigenvalue weighted by atomic mass is 15.1. The fourth-order valence-corrected chi connectivity index (χ4v) is 2.75. The van der Waals surface area contributed by atoms with Crippen LogP contribution in [0.25, 0.3) is 0 Å². The molecule has 96 valence electrons. The monoisotopic (exact) mass is 235 g/mol. The standard InChI is InChI=1S/C14H25N3/c1-3-10-17-11-9-15-13(17)12-16-14(2)7-5-4-6-8-14/h9,11,16H,3-8,10,12H2,1-2H3. The van der Waals surface area contributed by atoms with Crippen LogP contribution in [0.1, 0.15) is 58.2 Å². The number of hydrogen-bond acceptors (Lipinski definition) is 2. The second-order valence-electron chi connectivity index (χ2n) is 5.51. The normalized spacial score (nSPS) is 19.4. The molecular formula is C14H25N3. The van der Waals surface area contributed by atoms with Gasteiger partial charge in [-0.3, -0.25) is 0 Å². The molecule has 1 heterocycles. The summed E-state index contributed by atoms with van der Waals surface area (Å²) < 4.78 is 2.26. The van der Waals surface area contributed by atoms with Gasteiger partial charge in [-0.2, -0.15) is 0 Å². The lowest BCUT2D eigenvalue weighted by Gasteiger charge is -2.34. The lowest BCUT2D eigenvalue weighted by Crippen LogP contribution is -2.43. The zero-order valence-electron chi connectivity index (χ0n) is 11.2. The molecule has 0 unspecified atom stereocenters. The van der Waals surface area contributed by atoms with Gasteiger partial charge in [0, 0.05) is 24.5 Å². The third kappa shape index (κ3) is 3.32. The number of aromatic nitrogens is 2. The summed E-state index contributed by atoms with van der Waals surface area (Å²) in [7, 11) is 0. The summed E-state index contributed by atoms with van der Waals surface area (Å²) in [4.78, 5) is 4.45. The number of nitrogens with one attached hydrogen (secondary N) is 1. The smallest absolute Gasteiger partial charge is 0.122 e. The predicted molar refractivity (Wildman–Crippen MR) is 70.8 cm³/mol. The van der Waals surface area contributed by atoms with Crippen molar-refractivity contribution in [1.82, 2.24) is 14.9 Å². The Morgan fingerprint density at radius 1 is 1.35 bits per heavy atom. The lowest BCUT2D eigenvalue weighted by atomic mass is 9.83. The Labute approximate surface area is 105 Å². The Kier molecular flexibility index (Phi) is 4.21. The lowest BCUT2D eigenvalue weighted by molar-refractivity contribution is 0.249. The third-order valence-corrected chi connectivity index (χ3v) is 3.90. The predicted octanol–water partition coefficient (Wildman–Crippen LogP) is 3.11. The van der Waals surface area contributed by atoms with E-state index in [1.54, 1.807) is 0 Å². The fraction of sp³-hybridized carbons (Fsp3) is 0.786. The summed E-state index contributed by atoms with van der Waals surface area (Å²) in [5, 5.41) is 3.72. The highest BCUT2D eigenvalue weighted by Gasteiger charge is 2.26. The minimum Gasteiger partial charge on any atom is -0.334 e. The molecule has 0 saturated heterocycles. The maximum atomic E-state index is 4.45. The Bertz CT molecular complexity index is 337. The minimum absolute atomic E-state index is 0.335. The van der Waals surface area contributed by atoms with Crippen LogP contribution in [0.5, 0.6) is 0 Å². The third-order valence-electron chi connectivity index (χ3n) is 3.90. The second-order valence-corrected chi connectivity index (χ2v) is 5.51. The molecule has 17 heavy (non-hydrogen) atoms. The summed E-state index contributed by atoms with van der Waals surface area (Å²) in [5.74, 6) is 1.18. The Balaban J connectivity index is 1.90. The van der Waals surface area contributed by atoms with Crippen LogP contribution in [0.4, 0.5) is 0 Å². The van der Waals surface area contributed by atoms with Crippen LogP contribution in [0.3, 0.4) is 0 Å². The van der Waals surface area contributed by atoms with Gasteiger partial charge in [-0.05, 0) is 26.2 Å². The van der Waals surface area contributed by atoms with E-state index in [4.69, 9.17) is 0 Å². The van der Waals surface area contributed by atoms with Crippen molar-refractivity contribution in [2.24, 2.45) is 0 Å². The van der Waals surface area contributed by atoms with E-state index in [0.717, 1.165) is 13.1 Å². The first-order valence-corrected chi connectivity index (χ1v) is 6.98.